The third kappa shape index (κ3) is 3.75. The standard InChI is InChI=1S/C11H13FN2O3/c1-14(9-5-3-2-4-8(9)12)11(17)13-7-6-10(15)16/h2-5H,6-7H2,1H3,(H,13,17)(H,15,16). The summed E-state index contributed by atoms with van der Waals surface area (Å²) in [5, 5.41) is 10.8. The first-order chi connectivity index (χ1) is 8.02. The van der Waals surface area contributed by atoms with E-state index in [2.05, 4.69) is 5.32 Å². The highest BCUT2D eigenvalue weighted by molar-refractivity contribution is 5.91. The van der Waals surface area contributed by atoms with Gasteiger partial charge in [-0.2, -0.15) is 0 Å². The lowest BCUT2D eigenvalue weighted by atomic mass is 10.3. The van der Waals surface area contributed by atoms with Crippen molar-refractivity contribution in [3.05, 3.63) is 30.1 Å². The minimum Gasteiger partial charge on any atom is -0.481 e. The average Bonchev–Trinajstić information content (AvgIpc) is 2.28. The molecule has 0 aromatic heterocycles. The maximum Gasteiger partial charge on any atom is 0.321 e. The SMILES string of the molecule is CN(C(=O)NCCC(=O)O)c1ccccc1F. The van der Waals surface area contributed by atoms with Crippen LogP contribution in [0.1, 0.15) is 6.42 Å². The number of nitrogens with zero attached hydrogens (tertiary/aromatic N) is 1. The monoisotopic (exact) mass is 240 g/mol. The summed E-state index contributed by atoms with van der Waals surface area (Å²) in [7, 11) is 1.41. The molecule has 0 fully saturated rings. The largest absolute Gasteiger partial charge is 0.481 e. The molecule has 0 bridgehead atoms. The maximum atomic E-state index is 13.3. The predicted octanol–water partition coefficient (Wildman–Crippen LogP) is 1.45. The molecule has 1 aromatic carbocycles. The topological polar surface area (TPSA) is 69.6 Å². The molecule has 17 heavy (non-hydrogen) atoms. The zero-order valence-corrected chi connectivity index (χ0v) is 9.31. The Labute approximate surface area is 97.8 Å². The molecule has 2 amide bonds. The van der Waals surface area contributed by atoms with Crippen molar-refractivity contribution in [2.45, 2.75) is 6.42 Å². The molecule has 92 valence electrons. The van der Waals surface area contributed by atoms with E-state index in [4.69, 9.17) is 5.11 Å². The number of carbonyl (C=O) groups is 2. The highest BCUT2D eigenvalue weighted by atomic mass is 19.1. The molecule has 0 unspecified atom stereocenters. The van der Waals surface area contributed by atoms with Gasteiger partial charge in [0.05, 0.1) is 12.1 Å². The fourth-order valence-corrected chi connectivity index (χ4v) is 1.23. The Morgan fingerprint density at radius 2 is 2.06 bits per heavy atom. The van der Waals surface area contributed by atoms with Gasteiger partial charge in [0.15, 0.2) is 0 Å². The van der Waals surface area contributed by atoms with Crippen LogP contribution in [0.5, 0.6) is 0 Å². The van der Waals surface area contributed by atoms with E-state index >= 15 is 0 Å². The Kier molecular flexibility index (Phi) is 4.45. The number of carboxylic acids is 1. The van der Waals surface area contributed by atoms with E-state index in [1.165, 1.54) is 25.2 Å². The molecule has 0 radical (unpaired) electrons. The van der Waals surface area contributed by atoms with Crippen LogP contribution in [0, 0.1) is 5.82 Å². The fourth-order valence-electron chi connectivity index (χ4n) is 1.23. The van der Waals surface area contributed by atoms with E-state index in [1.54, 1.807) is 6.07 Å². The molecule has 6 heteroatoms. The summed E-state index contributed by atoms with van der Waals surface area (Å²) in [4.78, 5) is 22.9. The van der Waals surface area contributed by atoms with Gasteiger partial charge in [0.1, 0.15) is 5.82 Å². The van der Waals surface area contributed by atoms with Crippen LogP contribution in [0.25, 0.3) is 0 Å². The normalized spacial score (nSPS) is 9.76. The number of rotatable bonds is 4. The fraction of sp³-hybridized carbons (Fsp3) is 0.273. The Hall–Kier alpha value is -2.11. The summed E-state index contributed by atoms with van der Waals surface area (Å²) in [6.45, 7) is 0.00690. The van der Waals surface area contributed by atoms with Gasteiger partial charge in [0.2, 0.25) is 0 Å². The molecule has 5 nitrogen and oxygen atoms in total. The Morgan fingerprint density at radius 3 is 2.65 bits per heavy atom. The number of aliphatic carboxylic acids is 1. The van der Waals surface area contributed by atoms with E-state index in [9.17, 15) is 14.0 Å². The smallest absolute Gasteiger partial charge is 0.321 e. The van der Waals surface area contributed by atoms with Crippen LogP contribution in [0.3, 0.4) is 0 Å². The second-order valence-electron chi connectivity index (χ2n) is 3.39. The molecule has 0 atom stereocenters. The quantitative estimate of drug-likeness (QED) is 0.836. The number of amides is 2. The number of carboxylic acid groups (broad SMARTS) is 1. The molecule has 0 spiro atoms. The summed E-state index contributed by atoms with van der Waals surface area (Å²) in [6.07, 6.45) is -0.170. The lowest BCUT2D eigenvalue weighted by Crippen LogP contribution is -2.38. The molecule has 0 saturated heterocycles. The number of hydrogen-bond donors (Lipinski definition) is 2. The van der Waals surface area contributed by atoms with Gasteiger partial charge in [-0.1, -0.05) is 12.1 Å². The number of carbonyl (C=O) groups excluding carboxylic acids is 1. The van der Waals surface area contributed by atoms with Crippen molar-refractivity contribution >= 4 is 17.7 Å². The lowest BCUT2D eigenvalue weighted by molar-refractivity contribution is -0.136. The highest BCUT2D eigenvalue weighted by Crippen LogP contribution is 2.16. The summed E-state index contributed by atoms with van der Waals surface area (Å²) >= 11 is 0. The van der Waals surface area contributed by atoms with E-state index in [-0.39, 0.29) is 18.7 Å². The number of urea groups is 1. The molecule has 0 aliphatic heterocycles. The molecular formula is C11H13FN2O3. The van der Waals surface area contributed by atoms with Gasteiger partial charge in [0, 0.05) is 13.6 Å². The van der Waals surface area contributed by atoms with E-state index in [0.29, 0.717) is 0 Å². The van der Waals surface area contributed by atoms with Gasteiger partial charge in [0.25, 0.3) is 0 Å². The first-order valence-electron chi connectivity index (χ1n) is 5.00. The first-order valence-corrected chi connectivity index (χ1v) is 5.00. The molecular weight excluding hydrogens is 227 g/mol. The second kappa shape index (κ2) is 5.83. The second-order valence-corrected chi connectivity index (χ2v) is 3.39. The maximum absolute atomic E-state index is 13.3. The number of para-hydroxylation sites is 1. The summed E-state index contributed by atoms with van der Waals surface area (Å²) < 4.78 is 13.3. The zero-order chi connectivity index (χ0) is 12.8. The van der Waals surface area contributed by atoms with Gasteiger partial charge in [-0.25, -0.2) is 9.18 Å². The number of anilines is 1. The molecule has 0 aliphatic rings. The summed E-state index contributed by atoms with van der Waals surface area (Å²) in [5.41, 5.74) is 0.139. The van der Waals surface area contributed by atoms with Gasteiger partial charge in [-0.3, -0.25) is 9.69 Å². The van der Waals surface area contributed by atoms with Crippen molar-refractivity contribution in [2.24, 2.45) is 0 Å². The number of nitrogens with one attached hydrogen (secondary N) is 1. The van der Waals surface area contributed by atoms with Crippen LogP contribution in [0.2, 0.25) is 0 Å². The molecule has 0 aliphatic carbocycles. The van der Waals surface area contributed by atoms with E-state index in [1.807, 2.05) is 0 Å². The molecule has 0 heterocycles. The van der Waals surface area contributed by atoms with Crippen molar-refractivity contribution in [3.63, 3.8) is 0 Å². The van der Waals surface area contributed by atoms with Crippen LogP contribution in [0.15, 0.2) is 24.3 Å². The lowest BCUT2D eigenvalue weighted by Gasteiger charge is -2.18. The third-order valence-corrected chi connectivity index (χ3v) is 2.13. The highest BCUT2D eigenvalue weighted by Gasteiger charge is 2.13. The minimum atomic E-state index is -1.00. The third-order valence-electron chi connectivity index (χ3n) is 2.13. The molecule has 2 N–H and O–H groups in total. The van der Waals surface area contributed by atoms with Crippen molar-refractivity contribution < 1.29 is 19.1 Å². The average molecular weight is 240 g/mol. The van der Waals surface area contributed by atoms with E-state index < -0.39 is 17.8 Å². The number of benzene rings is 1. The minimum absolute atomic E-state index is 0.00690. The van der Waals surface area contributed by atoms with E-state index in [0.717, 1.165) is 4.90 Å². The van der Waals surface area contributed by atoms with Crippen molar-refractivity contribution in [1.82, 2.24) is 5.32 Å². The van der Waals surface area contributed by atoms with Crippen molar-refractivity contribution in [2.75, 3.05) is 18.5 Å². The van der Waals surface area contributed by atoms with Crippen LogP contribution in [-0.2, 0) is 4.79 Å². The predicted molar refractivity (Wildman–Crippen MR) is 60.5 cm³/mol. The van der Waals surface area contributed by atoms with Gasteiger partial charge < -0.3 is 10.4 Å². The molecule has 1 rings (SSSR count). The Bertz CT molecular complexity index is 423. The van der Waals surface area contributed by atoms with Crippen LogP contribution in [0.4, 0.5) is 14.9 Å². The van der Waals surface area contributed by atoms with Crippen LogP contribution < -0.4 is 10.2 Å². The number of halogens is 1. The Balaban J connectivity index is 2.58. The van der Waals surface area contributed by atoms with Crippen LogP contribution >= 0.6 is 0 Å². The molecule has 0 saturated carbocycles. The van der Waals surface area contributed by atoms with Crippen molar-refractivity contribution in [1.29, 1.82) is 0 Å². The Morgan fingerprint density at radius 1 is 1.41 bits per heavy atom. The zero-order valence-electron chi connectivity index (χ0n) is 9.31. The molecule has 1 aromatic rings. The van der Waals surface area contributed by atoms with Crippen molar-refractivity contribution in [3.8, 4) is 0 Å². The summed E-state index contributed by atoms with van der Waals surface area (Å²) in [6, 6.07) is 5.30. The first kappa shape index (κ1) is 13.0. The van der Waals surface area contributed by atoms with Gasteiger partial charge in [-0.05, 0) is 12.1 Å². The van der Waals surface area contributed by atoms with Gasteiger partial charge >= 0.3 is 12.0 Å². The summed E-state index contributed by atoms with van der Waals surface area (Å²) in [5.74, 6) is -1.51. The van der Waals surface area contributed by atoms with Gasteiger partial charge in [-0.15, -0.1) is 0 Å². The van der Waals surface area contributed by atoms with Crippen LogP contribution in [-0.4, -0.2) is 30.7 Å². The number of hydrogen-bond acceptors (Lipinski definition) is 2.